The zero-order valence-electron chi connectivity index (χ0n) is 33.5. The normalized spacial score (nSPS) is 12.8. The molecule has 0 unspecified atom stereocenters. The maximum Gasteiger partial charge on any atom is 0.262 e. The molecule has 3 amide bonds. The molecule has 15 nitrogen and oxygen atoms in total. The maximum atomic E-state index is 14.2. The Morgan fingerprint density at radius 2 is 1.79 bits per heavy atom. The van der Waals surface area contributed by atoms with Crippen LogP contribution in [0.15, 0.2) is 107 Å². The summed E-state index contributed by atoms with van der Waals surface area (Å²) in [6.07, 6.45) is 1.89. The number of rotatable bonds is 15. The van der Waals surface area contributed by atoms with Gasteiger partial charge in [0.25, 0.3) is 17.7 Å². The fourth-order valence-corrected chi connectivity index (χ4v) is 8.55. The molecule has 5 aromatic carbocycles. The molecule has 314 valence electrons. The minimum Gasteiger partial charge on any atom is -0.506 e. The number of aliphatic hydroxyl groups excluding tert-OH is 1. The summed E-state index contributed by atoms with van der Waals surface area (Å²) < 4.78 is 39.2. The number of nitrogens with one attached hydrogen (secondary N) is 4. The Hall–Kier alpha value is -7.01. The number of amides is 3. The number of methoxy groups -OCH3 is 1. The molecule has 1 atom stereocenters. The van der Waals surface area contributed by atoms with Crippen LogP contribution in [0.5, 0.6) is 17.2 Å². The highest BCUT2D eigenvalue weighted by molar-refractivity contribution is 7.91. The van der Waals surface area contributed by atoms with Gasteiger partial charge in [-0.05, 0) is 111 Å². The van der Waals surface area contributed by atoms with Crippen LogP contribution < -0.4 is 36.5 Å². The van der Waals surface area contributed by atoms with Gasteiger partial charge in [0.15, 0.2) is 12.4 Å². The van der Waals surface area contributed by atoms with Crippen molar-refractivity contribution in [3.63, 3.8) is 0 Å². The van der Waals surface area contributed by atoms with Crippen LogP contribution in [-0.2, 0) is 21.1 Å². The summed E-state index contributed by atoms with van der Waals surface area (Å²) in [6, 6.07) is 24.4. The van der Waals surface area contributed by atoms with Crippen molar-refractivity contribution in [2.45, 2.75) is 42.6 Å². The van der Waals surface area contributed by atoms with E-state index in [1.807, 2.05) is 19.1 Å². The molecule has 0 radical (unpaired) electrons. The van der Waals surface area contributed by atoms with Crippen LogP contribution in [0.3, 0.4) is 0 Å². The van der Waals surface area contributed by atoms with Gasteiger partial charge >= 0.3 is 0 Å². The van der Waals surface area contributed by atoms with Gasteiger partial charge in [0.1, 0.15) is 17.2 Å². The molecule has 6 aromatic rings. The number of nitrogens with zero attached hydrogens (tertiary/aromatic N) is 1. The molecule has 16 heteroatoms. The van der Waals surface area contributed by atoms with E-state index in [0.29, 0.717) is 52.1 Å². The van der Waals surface area contributed by atoms with Crippen LogP contribution in [-0.4, -0.2) is 68.1 Å². The lowest BCUT2D eigenvalue weighted by Gasteiger charge is -2.23. The van der Waals surface area contributed by atoms with Gasteiger partial charge in [0.05, 0.1) is 39.8 Å². The predicted molar refractivity (Wildman–Crippen MR) is 231 cm³/mol. The number of ether oxygens (including phenoxy) is 2. The Bertz CT molecular complexity index is 2810. The number of aryl methyl sites for hydroxylation is 3. The first-order valence-corrected chi connectivity index (χ1v) is 20.8. The number of benzene rings is 5. The lowest BCUT2D eigenvalue weighted by molar-refractivity contribution is -0.118. The van der Waals surface area contributed by atoms with Crippen LogP contribution in [0.4, 0.5) is 22.7 Å². The van der Waals surface area contributed by atoms with Gasteiger partial charge in [0, 0.05) is 46.7 Å². The van der Waals surface area contributed by atoms with Gasteiger partial charge in [-0.15, -0.1) is 0 Å². The highest BCUT2D eigenvalue weighted by Gasteiger charge is 2.26. The van der Waals surface area contributed by atoms with E-state index < -0.39 is 27.8 Å². The summed E-state index contributed by atoms with van der Waals surface area (Å²) in [5, 5.41) is 33.1. The van der Waals surface area contributed by atoms with E-state index in [1.165, 1.54) is 55.8 Å². The van der Waals surface area contributed by atoms with Crippen molar-refractivity contribution < 1.29 is 42.5 Å². The van der Waals surface area contributed by atoms with Crippen molar-refractivity contribution in [2.75, 3.05) is 42.8 Å². The van der Waals surface area contributed by atoms with E-state index in [0.717, 1.165) is 17.5 Å². The van der Waals surface area contributed by atoms with E-state index in [4.69, 9.17) is 15.2 Å². The number of phenols is 1. The molecule has 0 saturated heterocycles. The van der Waals surface area contributed by atoms with Crippen molar-refractivity contribution in [1.29, 1.82) is 0 Å². The van der Waals surface area contributed by atoms with Gasteiger partial charge in [0.2, 0.25) is 9.84 Å². The minimum absolute atomic E-state index is 0.0632. The predicted octanol–water partition coefficient (Wildman–Crippen LogP) is 6.08. The molecule has 0 saturated carbocycles. The van der Waals surface area contributed by atoms with E-state index in [2.05, 4.69) is 26.3 Å². The fraction of sp³-hybridized carbons (Fsp3) is 0.200. The van der Waals surface area contributed by atoms with Crippen molar-refractivity contribution in [1.82, 2.24) is 10.3 Å². The van der Waals surface area contributed by atoms with Crippen molar-refractivity contribution >= 4 is 61.2 Å². The number of pyridine rings is 1. The lowest BCUT2D eigenvalue weighted by Crippen LogP contribution is -2.28. The van der Waals surface area contributed by atoms with Crippen LogP contribution in [0.25, 0.3) is 10.9 Å². The summed E-state index contributed by atoms with van der Waals surface area (Å²) in [6.45, 7) is 4.21. The van der Waals surface area contributed by atoms with Gasteiger partial charge in [-0.1, -0.05) is 24.3 Å². The van der Waals surface area contributed by atoms with Gasteiger partial charge in [-0.3, -0.25) is 19.4 Å². The van der Waals surface area contributed by atoms with Crippen molar-refractivity contribution in [3.8, 4) is 17.2 Å². The first-order chi connectivity index (χ1) is 29.2. The first kappa shape index (κ1) is 42.1. The van der Waals surface area contributed by atoms with Crippen molar-refractivity contribution in [3.05, 3.63) is 131 Å². The molecule has 1 aliphatic rings. The molecule has 0 aliphatic carbocycles. The SMILES string of the molecule is COc1cccc(Nc2c(C(N)=O)cnc3c(C)cc(S(=O)(=O)c4cccc(C(=O)Nc5ccc(CCCNC[C@H](O)c6ccc(O)c7c6OCC(=O)N7)cc5C)c4)cc23)c1. The van der Waals surface area contributed by atoms with Crippen LogP contribution in [0.2, 0.25) is 0 Å². The zero-order valence-corrected chi connectivity index (χ0v) is 34.4. The number of hydrogen-bond donors (Lipinski definition) is 7. The van der Waals surface area contributed by atoms with Gasteiger partial charge in [-0.2, -0.15) is 0 Å². The number of aliphatic hydroxyl groups is 1. The Kier molecular flexibility index (Phi) is 12.2. The molecule has 1 aliphatic heterocycles. The number of hydrogen-bond acceptors (Lipinski definition) is 12. The fourth-order valence-electron chi connectivity index (χ4n) is 7.13. The maximum absolute atomic E-state index is 14.2. The van der Waals surface area contributed by atoms with Crippen LogP contribution >= 0.6 is 0 Å². The highest BCUT2D eigenvalue weighted by atomic mass is 32.2. The lowest BCUT2D eigenvalue weighted by atomic mass is 10.0. The van der Waals surface area contributed by atoms with E-state index in [1.54, 1.807) is 43.3 Å². The second-order valence-electron chi connectivity index (χ2n) is 14.6. The number of phenolic OH excluding ortho intramolecular Hbond substituents is 1. The number of carbonyl (C=O) groups excluding carboxylic acids is 3. The average molecular weight is 845 g/mol. The molecule has 2 heterocycles. The molecule has 1 aromatic heterocycles. The number of nitrogens with two attached hydrogens (primary N) is 1. The molecule has 8 N–H and O–H groups in total. The second kappa shape index (κ2) is 17.7. The molecular weight excluding hydrogens is 801 g/mol. The highest BCUT2D eigenvalue weighted by Crippen LogP contribution is 2.41. The molecule has 0 fully saturated rings. The Balaban J connectivity index is 1.01. The average Bonchev–Trinajstić information content (AvgIpc) is 3.24. The summed E-state index contributed by atoms with van der Waals surface area (Å²) in [4.78, 5) is 42.0. The Labute approximate surface area is 351 Å². The summed E-state index contributed by atoms with van der Waals surface area (Å²) >= 11 is 0. The second-order valence-corrected chi connectivity index (χ2v) is 16.5. The Morgan fingerprint density at radius 1 is 0.984 bits per heavy atom. The third-order valence-electron chi connectivity index (χ3n) is 10.3. The van der Waals surface area contributed by atoms with E-state index in [9.17, 15) is 33.0 Å². The van der Waals surface area contributed by atoms with Crippen molar-refractivity contribution in [2.24, 2.45) is 5.73 Å². The quantitative estimate of drug-likeness (QED) is 0.0461. The van der Waals surface area contributed by atoms with E-state index in [-0.39, 0.29) is 62.9 Å². The monoisotopic (exact) mass is 844 g/mol. The van der Waals surface area contributed by atoms with Gasteiger partial charge in [-0.25, -0.2) is 8.42 Å². The van der Waals surface area contributed by atoms with Gasteiger partial charge < -0.3 is 46.7 Å². The number of carbonyl (C=O) groups is 3. The molecule has 61 heavy (non-hydrogen) atoms. The third-order valence-corrected chi connectivity index (χ3v) is 12.0. The standard InChI is InChI=1S/C45H44N6O9S/c1-25-17-27(7-6-16-47-23-38(53)33-13-15-37(52)42-43(33)60-24-39(54)51-42)12-14-36(25)50-45(56)28-8-4-11-31(19-28)61(57,58)32-18-26(2)40-34(21-32)41(35(22-48-40)44(46)55)49-29-9-5-10-30(20-29)59-3/h4-5,8-15,17-22,38,47,52-53H,6-7,16,23-24H2,1-3H3,(H2,46,55)(H,48,49)(H,50,56)(H,51,54)/t38-/m0/s1. The summed E-state index contributed by atoms with van der Waals surface area (Å²) in [5.41, 5.74) is 10.8. The number of fused-ring (bicyclic) bond motifs is 2. The number of aromatic hydroxyl groups is 1. The van der Waals surface area contributed by atoms with Crippen LogP contribution in [0.1, 0.15) is 55.5 Å². The van der Waals surface area contributed by atoms with Crippen LogP contribution in [0, 0.1) is 13.8 Å². The summed E-state index contributed by atoms with van der Waals surface area (Å²) in [7, 11) is -2.66. The number of aromatic nitrogens is 1. The molecular formula is C45H44N6O9S. The topological polar surface area (TPSA) is 231 Å². The molecule has 0 bridgehead atoms. The number of sulfone groups is 1. The zero-order chi connectivity index (χ0) is 43.4. The number of anilines is 4. The molecule has 0 spiro atoms. The minimum atomic E-state index is -4.19. The molecule has 7 rings (SSSR count). The van der Waals surface area contributed by atoms with E-state index >= 15 is 0 Å². The third kappa shape index (κ3) is 9.11. The first-order valence-electron chi connectivity index (χ1n) is 19.3. The largest absolute Gasteiger partial charge is 0.506 e. The number of primary amides is 1. The Morgan fingerprint density at radius 3 is 2.56 bits per heavy atom. The summed E-state index contributed by atoms with van der Waals surface area (Å²) in [5.74, 6) is -0.957. The smallest absolute Gasteiger partial charge is 0.262 e.